The minimum atomic E-state index is -2.33. The Labute approximate surface area is 139 Å². The maximum Gasteiger partial charge on any atom is 0.348 e. The minimum Gasteiger partial charge on any atom is -0.479 e. The fourth-order valence-electron chi connectivity index (χ4n) is 2.63. The summed E-state index contributed by atoms with van der Waals surface area (Å²) in [6, 6.07) is 6.59. The number of aliphatic carboxylic acids is 2. The lowest BCUT2D eigenvalue weighted by atomic mass is 9.94. The summed E-state index contributed by atoms with van der Waals surface area (Å²) >= 11 is 0. The number of nitrogens with zero attached hydrogens (tertiary/aromatic N) is 2. The van der Waals surface area contributed by atoms with E-state index >= 15 is 0 Å². The number of carboxylic acid groups (broad SMARTS) is 2. The van der Waals surface area contributed by atoms with Gasteiger partial charge in [-0.05, 0) is 24.7 Å². The van der Waals surface area contributed by atoms with E-state index in [1.54, 1.807) is 29.2 Å². The summed E-state index contributed by atoms with van der Waals surface area (Å²) < 4.78 is 4.77. The van der Waals surface area contributed by atoms with E-state index in [1.807, 2.05) is 11.9 Å². The van der Waals surface area contributed by atoms with E-state index in [0.29, 0.717) is 24.3 Å². The van der Waals surface area contributed by atoms with Gasteiger partial charge in [0.25, 0.3) is 5.60 Å². The molecule has 1 heterocycles. The van der Waals surface area contributed by atoms with Crippen molar-refractivity contribution in [2.45, 2.75) is 12.0 Å². The van der Waals surface area contributed by atoms with Crippen molar-refractivity contribution in [3.05, 3.63) is 29.8 Å². The molecule has 1 aromatic carbocycles. The van der Waals surface area contributed by atoms with Crippen molar-refractivity contribution in [3.63, 3.8) is 0 Å². The number of rotatable bonds is 6. The second kappa shape index (κ2) is 6.98. The summed E-state index contributed by atoms with van der Waals surface area (Å²) in [4.78, 5) is 38.3. The lowest BCUT2D eigenvalue weighted by Gasteiger charge is -2.32. The van der Waals surface area contributed by atoms with Crippen LogP contribution in [0.5, 0.6) is 0 Å². The highest BCUT2D eigenvalue weighted by atomic mass is 16.5. The maximum absolute atomic E-state index is 12.1. The van der Waals surface area contributed by atoms with Gasteiger partial charge in [0.2, 0.25) is 5.91 Å². The van der Waals surface area contributed by atoms with Crippen LogP contribution in [-0.2, 0) is 25.5 Å². The van der Waals surface area contributed by atoms with E-state index in [2.05, 4.69) is 0 Å². The summed E-state index contributed by atoms with van der Waals surface area (Å²) in [5.74, 6) is -3.13. The Balaban J connectivity index is 2.19. The number of anilines is 1. The van der Waals surface area contributed by atoms with Crippen LogP contribution in [0.4, 0.5) is 5.69 Å². The van der Waals surface area contributed by atoms with Crippen LogP contribution < -0.4 is 4.90 Å². The summed E-state index contributed by atoms with van der Waals surface area (Å²) in [5.41, 5.74) is -1.14. The van der Waals surface area contributed by atoms with Crippen molar-refractivity contribution in [2.75, 3.05) is 38.7 Å². The number of benzene rings is 1. The van der Waals surface area contributed by atoms with Gasteiger partial charge in [-0.2, -0.15) is 0 Å². The molecule has 8 heteroatoms. The third-order valence-corrected chi connectivity index (χ3v) is 4.15. The zero-order valence-corrected chi connectivity index (χ0v) is 13.6. The number of methoxy groups -OCH3 is 1. The molecule has 0 aromatic heterocycles. The minimum absolute atomic E-state index is 0.0150. The molecule has 0 atom stereocenters. The predicted molar refractivity (Wildman–Crippen MR) is 85.0 cm³/mol. The Morgan fingerprint density at radius 3 is 2.21 bits per heavy atom. The number of amides is 1. The van der Waals surface area contributed by atoms with Gasteiger partial charge in [-0.3, -0.25) is 9.69 Å². The Hall–Kier alpha value is -2.45. The van der Waals surface area contributed by atoms with Gasteiger partial charge in [0, 0.05) is 32.3 Å². The van der Waals surface area contributed by atoms with Crippen molar-refractivity contribution >= 4 is 23.5 Å². The molecule has 1 aliphatic rings. The molecule has 1 saturated heterocycles. The van der Waals surface area contributed by atoms with Crippen LogP contribution in [0.1, 0.15) is 5.56 Å². The Kier molecular flexibility index (Phi) is 5.20. The normalized spacial score (nSPS) is 16.2. The molecule has 0 saturated carbocycles. The average Bonchev–Trinajstić information content (AvgIpc) is 2.53. The lowest BCUT2D eigenvalue weighted by molar-refractivity contribution is -0.179. The first kappa shape index (κ1) is 17.9. The summed E-state index contributed by atoms with van der Waals surface area (Å²) in [6.07, 6.45) is -0.314. The van der Waals surface area contributed by atoms with Gasteiger partial charge in [0.15, 0.2) is 0 Å². The van der Waals surface area contributed by atoms with Crippen LogP contribution in [0.15, 0.2) is 24.3 Å². The number of ether oxygens (including phenoxy) is 1. The molecule has 24 heavy (non-hydrogen) atoms. The number of hydrogen-bond donors (Lipinski definition) is 2. The highest BCUT2D eigenvalue weighted by molar-refractivity contribution is 6.02. The second-order valence-electron chi connectivity index (χ2n) is 5.77. The van der Waals surface area contributed by atoms with E-state index in [-0.39, 0.29) is 12.3 Å². The van der Waals surface area contributed by atoms with Gasteiger partial charge in [-0.1, -0.05) is 12.1 Å². The van der Waals surface area contributed by atoms with Crippen LogP contribution in [0.25, 0.3) is 0 Å². The quantitative estimate of drug-likeness (QED) is 0.707. The van der Waals surface area contributed by atoms with E-state index < -0.39 is 17.5 Å². The first-order chi connectivity index (χ1) is 11.3. The molecule has 1 amide bonds. The van der Waals surface area contributed by atoms with Gasteiger partial charge in [-0.15, -0.1) is 0 Å². The zero-order chi connectivity index (χ0) is 17.9. The Bertz CT molecular complexity index is 628. The fourth-order valence-corrected chi connectivity index (χ4v) is 2.63. The number of carboxylic acids is 2. The molecular formula is C16H20N2O6. The molecule has 1 aromatic rings. The Morgan fingerprint density at radius 1 is 1.17 bits per heavy atom. The fraction of sp³-hybridized carbons (Fsp3) is 0.438. The molecule has 0 aliphatic carbocycles. The van der Waals surface area contributed by atoms with Gasteiger partial charge >= 0.3 is 11.9 Å². The first-order valence-corrected chi connectivity index (χ1v) is 7.40. The van der Waals surface area contributed by atoms with E-state index in [9.17, 15) is 24.6 Å². The second-order valence-corrected chi connectivity index (χ2v) is 5.77. The summed E-state index contributed by atoms with van der Waals surface area (Å²) in [5, 5.41) is 18.4. The Morgan fingerprint density at radius 2 is 1.75 bits per heavy atom. The van der Waals surface area contributed by atoms with Crippen molar-refractivity contribution in [3.8, 4) is 0 Å². The molecule has 8 nitrogen and oxygen atoms in total. The third kappa shape index (κ3) is 3.39. The molecule has 1 fully saturated rings. The average molecular weight is 336 g/mol. The SMILES string of the molecule is COC(Cc1ccc(N2CCN(C)CC2=O)cc1)(C(=O)O)C(=O)O. The highest BCUT2D eigenvalue weighted by Crippen LogP contribution is 2.22. The number of likely N-dealkylation sites (N-methyl/N-ethyl adjacent to an activating group) is 1. The van der Waals surface area contributed by atoms with Gasteiger partial charge in [0.05, 0.1) is 6.54 Å². The van der Waals surface area contributed by atoms with Crippen molar-refractivity contribution in [2.24, 2.45) is 0 Å². The number of piperazine rings is 1. The summed E-state index contributed by atoms with van der Waals surface area (Å²) in [6.45, 7) is 1.67. The standard InChI is InChI=1S/C16H20N2O6/c1-17-7-8-18(13(19)10-17)12-5-3-11(4-6-12)9-16(24-2,14(20)21)15(22)23/h3-6H,7-10H2,1-2H3,(H,20,21)(H,22,23). The molecule has 0 bridgehead atoms. The van der Waals surface area contributed by atoms with Crippen molar-refractivity contribution in [1.82, 2.24) is 4.90 Å². The first-order valence-electron chi connectivity index (χ1n) is 7.40. The van der Waals surface area contributed by atoms with Gasteiger partial charge < -0.3 is 19.8 Å². The molecular weight excluding hydrogens is 316 g/mol. The number of carbonyl (C=O) groups excluding carboxylic acids is 1. The van der Waals surface area contributed by atoms with Crippen LogP contribution in [-0.4, -0.2) is 72.4 Å². The molecule has 2 rings (SSSR count). The largest absolute Gasteiger partial charge is 0.479 e. The van der Waals surface area contributed by atoms with E-state index in [4.69, 9.17) is 4.74 Å². The molecule has 130 valence electrons. The molecule has 0 radical (unpaired) electrons. The summed E-state index contributed by atoms with van der Waals surface area (Å²) in [7, 11) is 2.93. The third-order valence-electron chi connectivity index (χ3n) is 4.15. The van der Waals surface area contributed by atoms with Gasteiger partial charge in [-0.25, -0.2) is 9.59 Å². The van der Waals surface area contributed by atoms with Crippen LogP contribution in [0.2, 0.25) is 0 Å². The molecule has 1 aliphatic heterocycles. The van der Waals surface area contributed by atoms with Crippen LogP contribution in [0, 0.1) is 0 Å². The van der Waals surface area contributed by atoms with Crippen molar-refractivity contribution in [1.29, 1.82) is 0 Å². The number of hydrogen-bond acceptors (Lipinski definition) is 5. The zero-order valence-electron chi connectivity index (χ0n) is 13.6. The molecule has 0 spiro atoms. The van der Waals surface area contributed by atoms with E-state index in [1.165, 1.54) is 0 Å². The molecule has 2 N–H and O–H groups in total. The maximum atomic E-state index is 12.1. The monoisotopic (exact) mass is 336 g/mol. The molecule has 0 unspecified atom stereocenters. The van der Waals surface area contributed by atoms with Crippen LogP contribution >= 0.6 is 0 Å². The van der Waals surface area contributed by atoms with Crippen molar-refractivity contribution < 1.29 is 29.3 Å². The highest BCUT2D eigenvalue weighted by Gasteiger charge is 2.47. The predicted octanol–water partition coefficient (Wildman–Crippen LogP) is 0.0619. The topological polar surface area (TPSA) is 107 Å². The van der Waals surface area contributed by atoms with E-state index in [0.717, 1.165) is 13.7 Å². The van der Waals surface area contributed by atoms with Gasteiger partial charge in [0.1, 0.15) is 0 Å². The smallest absolute Gasteiger partial charge is 0.348 e. The number of carbonyl (C=O) groups is 3. The van der Waals surface area contributed by atoms with Crippen LogP contribution in [0.3, 0.4) is 0 Å². The lowest BCUT2D eigenvalue weighted by Crippen LogP contribution is -2.50.